The van der Waals surface area contributed by atoms with Gasteiger partial charge in [0.2, 0.25) is 0 Å². The highest BCUT2D eigenvalue weighted by atomic mass is 32.1. The lowest BCUT2D eigenvalue weighted by Gasteiger charge is -2.16. The van der Waals surface area contributed by atoms with E-state index in [2.05, 4.69) is 10.3 Å². The van der Waals surface area contributed by atoms with E-state index in [9.17, 15) is 17.6 Å². The molecule has 0 aliphatic heterocycles. The van der Waals surface area contributed by atoms with Crippen molar-refractivity contribution in [2.75, 3.05) is 11.9 Å². The molecule has 170 valence electrons. The normalized spacial score (nSPS) is 14.6. The molecule has 4 rings (SSSR count). The minimum atomic E-state index is -4.53. The van der Waals surface area contributed by atoms with Crippen LogP contribution in [-0.2, 0) is 6.18 Å². The van der Waals surface area contributed by atoms with Crippen LogP contribution in [0.5, 0.6) is 5.75 Å². The number of ether oxygens (including phenoxy) is 1. The summed E-state index contributed by atoms with van der Waals surface area (Å²) in [5.74, 6) is 0.189. The summed E-state index contributed by atoms with van der Waals surface area (Å²) in [7, 11) is 0. The van der Waals surface area contributed by atoms with Gasteiger partial charge in [-0.15, -0.1) is 11.3 Å². The van der Waals surface area contributed by atoms with E-state index in [0.717, 1.165) is 24.5 Å². The molecule has 0 unspecified atom stereocenters. The van der Waals surface area contributed by atoms with Gasteiger partial charge >= 0.3 is 6.18 Å². The van der Waals surface area contributed by atoms with Crippen LogP contribution < -0.4 is 10.1 Å². The van der Waals surface area contributed by atoms with E-state index < -0.39 is 11.7 Å². The van der Waals surface area contributed by atoms with Crippen LogP contribution >= 0.6 is 11.3 Å². The zero-order valence-corrected chi connectivity index (χ0v) is 18.2. The van der Waals surface area contributed by atoms with Crippen LogP contribution in [0.2, 0.25) is 0 Å². The molecule has 1 N–H and O–H groups in total. The van der Waals surface area contributed by atoms with Crippen molar-refractivity contribution in [3.63, 3.8) is 0 Å². The predicted molar refractivity (Wildman–Crippen MR) is 119 cm³/mol. The van der Waals surface area contributed by atoms with Gasteiger partial charge in [-0.25, -0.2) is 9.37 Å². The molecular weight excluding hydrogens is 440 g/mol. The van der Waals surface area contributed by atoms with Gasteiger partial charge in [-0.2, -0.15) is 13.2 Å². The number of nitrogens with one attached hydrogen (secondary N) is 1. The average molecular weight is 465 g/mol. The topological polar surface area (TPSA) is 34.1 Å². The van der Waals surface area contributed by atoms with Crippen LogP contribution in [0.3, 0.4) is 0 Å². The highest BCUT2D eigenvalue weighted by Gasteiger charge is 2.35. The van der Waals surface area contributed by atoms with Gasteiger partial charge in [-0.3, -0.25) is 0 Å². The van der Waals surface area contributed by atoms with Crippen molar-refractivity contribution in [2.24, 2.45) is 5.92 Å². The second kappa shape index (κ2) is 9.90. The van der Waals surface area contributed by atoms with Crippen LogP contribution in [0.4, 0.5) is 28.4 Å². The van der Waals surface area contributed by atoms with Gasteiger partial charge in [0.15, 0.2) is 5.13 Å². The Morgan fingerprint density at radius 2 is 1.81 bits per heavy atom. The van der Waals surface area contributed by atoms with Crippen molar-refractivity contribution < 1.29 is 22.3 Å². The highest BCUT2D eigenvalue weighted by Crippen LogP contribution is 2.39. The van der Waals surface area contributed by atoms with Crippen LogP contribution in [0.15, 0.2) is 47.8 Å². The van der Waals surface area contributed by atoms with E-state index in [1.54, 1.807) is 23.6 Å². The van der Waals surface area contributed by atoms with Crippen LogP contribution in [0, 0.1) is 11.7 Å². The number of halogens is 4. The van der Waals surface area contributed by atoms with E-state index in [1.807, 2.05) is 0 Å². The third-order valence-electron chi connectivity index (χ3n) is 5.67. The molecule has 32 heavy (non-hydrogen) atoms. The molecule has 2 aromatic carbocycles. The number of benzene rings is 2. The minimum absolute atomic E-state index is 0.152. The summed E-state index contributed by atoms with van der Waals surface area (Å²) in [4.78, 5) is 4.39. The average Bonchev–Trinajstić information content (AvgIpc) is 3.44. The highest BCUT2D eigenvalue weighted by molar-refractivity contribution is 7.14. The molecule has 3 nitrogen and oxygen atoms in total. The standard InChI is InChI=1S/C24H24F4N2OS/c25-18-9-7-17(8-10-18)21-15-32-23(30-21)29-19-11-12-22(20(14-19)24(26,27)28)31-13-3-6-16-4-1-2-5-16/h7-12,14-16H,1-6,13H2,(H,29,30). The van der Waals surface area contributed by atoms with E-state index in [1.165, 1.54) is 55.2 Å². The SMILES string of the molecule is Fc1ccc(-c2csc(Nc3ccc(OCCCC4CCCC4)c(C(F)(F)F)c3)n2)cc1. The molecule has 0 amide bonds. The Labute approximate surface area is 188 Å². The maximum atomic E-state index is 13.6. The van der Waals surface area contributed by atoms with Gasteiger partial charge in [0.25, 0.3) is 0 Å². The van der Waals surface area contributed by atoms with E-state index in [0.29, 0.717) is 16.7 Å². The fourth-order valence-corrected chi connectivity index (χ4v) is 4.76. The molecule has 1 saturated carbocycles. The molecule has 0 bridgehead atoms. The molecule has 1 aromatic heterocycles. The van der Waals surface area contributed by atoms with Gasteiger partial charge in [0, 0.05) is 16.6 Å². The molecule has 0 spiro atoms. The number of rotatable bonds is 8. The lowest BCUT2D eigenvalue weighted by atomic mass is 10.0. The van der Waals surface area contributed by atoms with Crippen molar-refractivity contribution in [1.29, 1.82) is 0 Å². The molecule has 1 heterocycles. The predicted octanol–water partition coefficient (Wildman–Crippen LogP) is 8.06. The largest absolute Gasteiger partial charge is 0.493 e. The Morgan fingerprint density at radius 3 is 2.53 bits per heavy atom. The number of anilines is 2. The number of nitrogens with zero attached hydrogens (tertiary/aromatic N) is 1. The van der Waals surface area contributed by atoms with Crippen LogP contribution in [0.1, 0.15) is 44.1 Å². The number of hydrogen-bond acceptors (Lipinski definition) is 4. The van der Waals surface area contributed by atoms with Crippen molar-refractivity contribution in [1.82, 2.24) is 4.98 Å². The third kappa shape index (κ3) is 5.79. The summed E-state index contributed by atoms with van der Waals surface area (Å²) in [6.07, 6.45) is 2.17. The molecule has 3 aromatic rings. The lowest BCUT2D eigenvalue weighted by molar-refractivity contribution is -0.138. The summed E-state index contributed by atoms with van der Waals surface area (Å²) in [6.45, 7) is 0.278. The second-order valence-electron chi connectivity index (χ2n) is 8.02. The van der Waals surface area contributed by atoms with Crippen molar-refractivity contribution in [3.8, 4) is 17.0 Å². The van der Waals surface area contributed by atoms with Gasteiger partial charge in [0.1, 0.15) is 11.6 Å². The Hall–Kier alpha value is -2.61. The monoisotopic (exact) mass is 464 g/mol. The first-order valence-electron chi connectivity index (χ1n) is 10.7. The molecule has 0 saturated heterocycles. The Balaban J connectivity index is 1.42. The van der Waals surface area contributed by atoms with Crippen molar-refractivity contribution >= 4 is 22.2 Å². The fourth-order valence-electron chi connectivity index (χ4n) is 4.02. The smallest absolute Gasteiger partial charge is 0.420 e. The summed E-state index contributed by atoms with van der Waals surface area (Å²) >= 11 is 1.26. The van der Waals surface area contributed by atoms with Crippen LogP contribution in [0.25, 0.3) is 11.3 Å². The zero-order chi connectivity index (χ0) is 22.6. The summed E-state index contributed by atoms with van der Waals surface area (Å²) < 4.78 is 59.5. The van der Waals surface area contributed by atoms with E-state index in [4.69, 9.17) is 4.74 Å². The number of thiazole rings is 1. The lowest BCUT2D eigenvalue weighted by Crippen LogP contribution is -2.10. The molecule has 0 radical (unpaired) electrons. The first-order valence-corrected chi connectivity index (χ1v) is 11.6. The molecule has 1 fully saturated rings. The summed E-state index contributed by atoms with van der Waals surface area (Å²) in [5.41, 5.74) is 0.818. The zero-order valence-electron chi connectivity index (χ0n) is 17.4. The molecule has 0 atom stereocenters. The molecular formula is C24H24F4N2OS. The molecule has 1 aliphatic rings. The van der Waals surface area contributed by atoms with E-state index in [-0.39, 0.29) is 23.9 Å². The first-order chi connectivity index (χ1) is 15.4. The maximum absolute atomic E-state index is 13.6. The first kappa shape index (κ1) is 22.6. The third-order valence-corrected chi connectivity index (χ3v) is 6.43. The second-order valence-corrected chi connectivity index (χ2v) is 8.88. The summed E-state index contributed by atoms with van der Waals surface area (Å²) in [6, 6.07) is 9.85. The van der Waals surface area contributed by atoms with Crippen LogP contribution in [-0.4, -0.2) is 11.6 Å². The summed E-state index contributed by atoms with van der Waals surface area (Å²) in [5, 5.41) is 5.14. The van der Waals surface area contributed by atoms with Gasteiger partial charge in [-0.1, -0.05) is 25.7 Å². The Morgan fingerprint density at radius 1 is 1.06 bits per heavy atom. The number of aromatic nitrogens is 1. The fraction of sp³-hybridized carbons (Fsp3) is 0.375. The van der Waals surface area contributed by atoms with Crippen molar-refractivity contribution in [3.05, 3.63) is 59.2 Å². The molecule has 8 heteroatoms. The van der Waals surface area contributed by atoms with Gasteiger partial charge < -0.3 is 10.1 Å². The molecule has 1 aliphatic carbocycles. The van der Waals surface area contributed by atoms with E-state index >= 15 is 0 Å². The van der Waals surface area contributed by atoms with Crippen molar-refractivity contribution in [2.45, 2.75) is 44.7 Å². The number of alkyl halides is 3. The quantitative estimate of drug-likeness (QED) is 0.270. The van der Waals surface area contributed by atoms with Gasteiger partial charge in [-0.05, 0) is 61.2 Å². The van der Waals surface area contributed by atoms with Gasteiger partial charge in [0.05, 0.1) is 17.9 Å². The minimum Gasteiger partial charge on any atom is -0.493 e. The number of hydrogen-bond donors (Lipinski definition) is 1. The Bertz CT molecular complexity index is 1030. The maximum Gasteiger partial charge on any atom is 0.420 e. The Kier molecular flexibility index (Phi) is 6.98.